The zero-order valence-corrected chi connectivity index (χ0v) is 9.43. The SMILES string of the molecule is CC1(C)C=CCC(C)(C)CC(N)C1. The first-order valence-corrected chi connectivity index (χ1v) is 5.24. The molecule has 0 bridgehead atoms. The van der Waals surface area contributed by atoms with Crippen LogP contribution in [-0.4, -0.2) is 6.04 Å². The first kappa shape index (κ1) is 10.8. The van der Waals surface area contributed by atoms with Crippen LogP contribution in [0.3, 0.4) is 0 Å². The van der Waals surface area contributed by atoms with Crippen molar-refractivity contribution < 1.29 is 0 Å². The van der Waals surface area contributed by atoms with Gasteiger partial charge in [0, 0.05) is 6.04 Å². The van der Waals surface area contributed by atoms with Gasteiger partial charge in [0.2, 0.25) is 0 Å². The highest BCUT2D eigenvalue weighted by Crippen LogP contribution is 2.35. The second-order valence-electron chi connectivity index (χ2n) is 5.93. The van der Waals surface area contributed by atoms with E-state index < -0.39 is 0 Å². The molecule has 0 spiro atoms. The van der Waals surface area contributed by atoms with Crippen LogP contribution in [0, 0.1) is 10.8 Å². The molecule has 1 heteroatoms. The van der Waals surface area contributed by atoms with Crippen molar-refractivity contribution in [3.05, 3.63) is 12.2 Å². The van der Waals surface area contributed by atoms with Crippen LogP contribution in [0.2, 0.25) is 0 Å². The second-order valence-corrected chi connectivity index (χ2v) is 5.93. The van der Waals surface area contributed by atoms with Crippen LogP contribution in [0.1, 0.15) is 47.0 Å². The van der Waals surface area contributed by atoms with Gasteiger partial charge in [0.25, 0.3) is 0 Å². The lowest BCUT2D eigenvalue weighted by Crippen LogP contribution is -2.33. The van der Waals surface area contributed by atoms with Gasteiger partial charge in [-0.25, -0.2) is 0 Å². The van der Waals surface area contributed by atoms with Gasteiger partial charge in [-0.3, -0.25) is 0 Å². The Morgan fingerprint density at radius 1 is 1.15 bits per heavy atom. The fraction of sp³-hybridized carbons (Fsp3) is 0.833. The van der Waals surface area contributed by atoms with E-state index in [1.807, 2.05) is 0 Å². The van der Waals surface area contributed by atoms with Gasteiger partial charge in [0.05, 0.1) is 0 Å². The van der Waals surface area contributed by atoms with Crippen molar-refractivity contribution in [1.82, 2.24) is 0 Å². The quantitative estimate of drug-likeness (QED) is 0.571. The summed E-state index contributed by atoms with van der Waals surface area (Å²) in [6.07, 6.45) is 8.05. The maximum atomic E-state index is 6.12. The monoisotopic (exact) mass is 181 g/mol. The lowest BCUT2D eigenvalue weighted by atomic mass is 9.74. The summed E-state index contributed by atoms with van der Waals surface area (Å²) in [6.45, 7) is 9.13. The zero-order valence-electron chi connectivity index (χ0n) is 9.43. The number of nitrogens with two attached hydrogens (primary N) is 1. The molecule has 1 nitrogen and oxygen atoms in total. The lowest BCUT2D eigenvalue weighted by molar-refractivity contribution is 0.257. The van der Waals surface area contributed by atoms with Crippen molar-refractivity contribution in [1.29, 1.82) is 0 Å². The summed E-state index contributed by atoms with van der Waals surface area (Å²) in [5.41, 5.74) is 6.79. The van der Waals surface area contributed by atoms with E-state index in [4.69, 9.17) is 5.73 Å². The van der Waals surface area contributed by atoms with E-state index in [-0.39, 0.29) is 5.41 Å². The summed E-state index contributed by atoms with van der Waals surface area (Å²) in [6, 6.07) is 0.356. The predicted octanol–water partition coefficient (Wildman–Crippen LogP) is 3.11. The van der Waals surface area contributed by atoms with Gasteiger partial charge in [-0.2, -0.15) is 0 Å². The number of hydrogen-bond acceptors (Lipinski definition) is 1. The fourth-order valence-corrected chi connectivity index (χ4v) is 2.31. The molecule has 0 aromatic carbocycles. The minimum atomic E-state index is 0.288. The van der Waals surface area contributed by atoms with Crippen molar-refractivity contribution in [3.63, 3.8) is 0 Å². The molecule has 1 atom stereocenters. The Kier molecular flexibility index (Phi) is 2.86. The Labute approximate surface area is 82.4 Å². The molecule has 1 aliphatic carbocycles. The highest BCUT2D eigenvalue weighted by molar-refractivity contribution is 5.01. The summed E-state index contributed by atoms with van der Waals surface area (Å²) in [5, 5.41) is 0. The second kappa shape index (κ2) is 3.45. The highest BCUT2D eigenvalue weighted by Gasteiger charge is 2.27. The Morgan fingerprint density at radius 3 is 2.38 bits per heavy atom. The molecule has 1 aliphatic rings. The van der Waals surface area contributed by atoms with Gasteiger partial charge in [-0.15, -0.1) is 0 Å². The predicted molar refractivity (Wildman–Crippen MR) is 58.5 cm³/mol. The average Bonchev–Trinajstić information content (AvgIpc) is 1.79. The van der Waals surface area contributed by atoms with E-state index >= 15 is 0 Å². The van der Waals surface area contributed by atoms with Crippen molar-refractivity contribution in [3.8, 4) is 0 Å². The van der Waals surface area contributed by atoms with Crippen molar-refractivity contribution >= 4 is 0 Å². The summed E-state index contributed by atoms with van der Waals surface area (Å²) in [5.74, 6) is 0. The lowest BCUT2D eigenvalue weighted by Gasteiger charge is -2.33. The maximum absolute atomic E-state index is 6.12. The van der Waals surface area contributed by atoms with Crippen LogP contribution in [0.15, 0.2) is 12.2 Å². The van der Waals surface area contributed by atoms with Crippen LogP contribution in [0.4, 0.5) is 0 Å². The Hall–Kier alpha value is -0.300. The molecule has 13 heavy (non-hydrogen) atoms. The van der Waals surface area contributed by atoms with Crippen molar-refractivity contribution in [2.45, 2.75) is 53.0 Å². The largest absolute Gasteiger partial charge is 0.328 e. The van der Waals surface area contributed by atoms with Crippen LogP contribution >= 0.6 is 0 Å². The Balaban J connectivity index is 2.75. The average molecular weight is 181 g/mol. The molecule has 1 unspecified atom stereocenters. The van der Waals surface area contributed by atoms with Crippen LogP contribution < -0.4 is 5.73 Å². The van der Waals surface area contributed by atoms with Gasteiger partial charge in [-0.05, 0) is 30.1 Å². The van der Waals surface area contributed by atoms with Gasteiger partial charge in [-0.1, -0.05) is 39.8 Å². The molecule has 0 aromatic heterocycles. The third kappa shape index (κ3) is 3.51. The van der Waals surface area contributed by atoms with Crippen molar-refractivity contribution in [2.24, 2.45) is 16.6 Å². The Morgan fingerprint density at radius 2 is 1.77 bits per heavy atom. The minimum Gasteiger partial charge on any atom is -0.328 e. The third-order valence-corrected chi connectivity index (χ3v) is 2.84. The van der Waals surface area contributed by atoms with Gasteiger partial charge in [0.15, 0.2) is 0 Å². The molecule has 0 fully saturated rings. The maximum Gasteiger partial charge on any atom is 0.00520 e. The molecule has 0 heterocycles. The first-order valence-electron chi connectivity index (χ1n) is 5.24. The summed E-state index contributed by atoms with van der Waals surface area (Å²) in [7, 11) is 0. The van der Waals surface area contributed by atoms with E-state index in [9.17, 15) is 0 Å². The highest BCUT2D eigenvalue weighted by atomic mass is 14.6. The molecule has 0 saturated heterocycles. The van der Waals surface area contributed by atoms with Crippen molar-refractivity contribution in [2.75, 3.05) is 0 Å². The first-order chi connectivity index (χ1) is 5.81. The minimum absolute atomic E-state index is 0.288. The molecule has 0 saturated carbocycles. The standard InChI is InChI=1S/C12H23N/c1-11(2)6-5-7-12(3,4)9-10(13)8-11/h5-6,10H,7-9,13H2,1-4H3. The van der Waals surface area contributed by atoms with Crippen LogP contribution in [0.25, 0.3) is 0 Å². The molecule has 0 aliphatic heterocycles. The molecule has 0 radical (unpaired) electrons. The molecule has 2 N–H and O–H groups in total. The van der Waals surface area contributed by atoms with E-state index in [1.165, 1.54) is 0 Å². The number of allylic oxidation sites excluding steroid dienone is 2. The molecule has 76 valence electrons. The van der Waals surface area contributed by atoms with Gasteiger partial charge < -0.3 is 5.73 Å². The molecular weight excluding hydrogens is 158 g/mol. The van der Waals surface area contributed by atoms with Gasteiger partial charge in [0.1, 0.15) is 0 Å². The molecule has 0 amide bonds. The fourth-order valence-electron chi connectivity index (χ4n) is 2.31. The Bertz CT molecular complexity index is 201. The van der Waals surface area contributed by atoms with Crippen LogP contribution in [0.5, 0.6) is 0 Å². The van der Waals surface area contributed by atoms with E-state index in [0.717, 1.165) is 19.3 Å². The normalized spacial score (nSPS) is 32.2. The van der Waals surface area contributed by atoms with E-state index in [2.05, 4.69) is 39.8 Å². The molecule has 0 aromatic rings. The number of hydrogen-bond donors (Lipinski definition) is 1. The molecular formula is C12H23N. The summed E-state index contributed by atoms with van der Waals surface area (Å²) in [4.78, 5) is 0. The zero-order chi connectivity index (χ0) is 10.1. The molecule has 1 rings (SSSR count). The third-order valence-electron chi connectivity index (χ3n) is 2.84. The van der Waals surface area contributed by atoms with Crippen LogP contribution in [-0.2, 0) is 0 Å². The van der Waals surface area contributed by atoms with E-state index in [0.29, 0.717) is 11.5 Å². The summed E-state index contributed by atoms with van der Waals surface area (Å²) < 4.78 is 0. The van der Waals surface area contributed by atoms with E-state index in [1.54, 1.807) is 0 Å². The van der Waals surface area contributed by atoms with Gasteiger partial charge >= 0.3 is 0 Å². The summed E-state index contributed by atoms with van der Waals surface area (Å²) >= 11 is 0. The number of rotatable bonds is 0. The smallest absolute Gasteiger partial charge is 0.00520 e. The topological polar surface area (TPSA) is 26.0 Å².